The highest BCUT2D eigenvalue weighted by molar-refractivity contribution is 6.09. The van der Waals surface area contributed by atoms with Gasteiger partial charge in [-0.2, -0.15) is 8.78 Å². The number of H-pyrrole nitrogens is 1. The molecule has 0 amide bonds. The molecule has 0 spiro atoms. The van der Waals surface area contributed by atoms with Gasteiger partial charge in [0.15, 0.2) is 5.78 Å². The van der Waals surface area contributed by atoms with Crippen LogP contribution in [0.5, 0.6) is 5.75 Å². The average molecular weight is 549 g/mol. The quantitative estimate of drug-likeness (QED) is 0.128. The second kappa shape index (κ2) is 14.5. The Morgan fingerprint density at radius 3 is 2.35 bits per heavy atom. The minimum atomic E-state index is -2.99. The van der Waals surface area contributed by atoms with Crippen LogP contribution in [-0.2, 0) is 17.3 Å². The van der Waals surface area contributed by atoms with Gasteiger partial charge in [-0.05, 0) is 43.1 Å². The molecule has 4 rings (SSSR count). The van der Waals surface area contributed by atoms with Crippen LogP contribution in [0.15, 0.2) is 89.7 Å². The number of alkyl halides is 2. The summed E-state index contributed by atoms with van der Waals surface area (Å²) in [5.41, 5.74) is 1.70. The molecule has 1 heterocycles. The number of pyridine rings is 1. The number of Topliss-reactive ketones (excluding diaryl/α,β-unsaturated/α-hetero) is 1. The van der Waals surface area contributed by atoms with Crippen LogP contribution in [0.3, 0.4) is 0 Å². The number of aromatic nitrogens is 1. The van der Waals surface area contributed by atoms with Crippen molar-refractivity contribution in [3.05, 3.63) is 112 Å². The number of hydrogen-bond donors (Lipinski definition) is 2. The maximum atomic E-state index is 14.1. The van der Waals surface area contributed by atoms with E-state index >= 15 is 0 Å². The number of halogens is 2. The summed E-state index contributed by atoms with van der Waals surface area (Å²) in [6.07, 6.45) is 3.31. The van der Waals surface area contributed by atoms with E-state index in [4.69, 9.17) is 9.47 Å². The molecule has 1 aromatic heterocycles. The molecule has 0 aliphatic heterocycles. The van der Waals surface area contributed by atoms with Gasteiger partial charge in [-0.25, -0.2) is 0 Å². The van der Waals surface area contributed by atoms with Crippen LogP contribution in [0.1, 0.15) is 47.2 Å². The van der Waals surface area contributed by atoms with Gasteiger partial charge in [0.1, 0.15) is 19.0 Å². The van der Waals surface area contributed by atoms with Crippen molar-refractivity contribution in [3.8, 4) is 5.75 Å². The summed E-state index contributed by atoms with van der Waals surface area (Å²) in [5, 5.41) is 3.81. The number of aromatic amines is 1. The van der Waals surface area contributed by atoms with Crippen molar-refractivity contribution >= 4 is 16.7 Å². The zero-order valence-electron chi connectivity index (χ0n) is 22.3. The molecule has 210 valence electrons. The van der Waals surface area contributed by atoms with Crippen molar-refractivity contribution in [1.29, 1.82) is 0 Å². The van der Waals surface area contributed by atoms with Gasteiger partial charge < -0.3 is 19.8 Å². The van der Waals surface area contributed by atoms with E-state index in [9.17, 15) is 18.4 Å². The van der Waals surface area contributed by atoms with Crippen LogP contribution in [0.2, 0.25) is 0 Å². The Labute approximate surface area is 232 Å². The van der Waals surface area contributed by atoms with Crippen molar-refractivity contribution < 1.29 is 23.0 Å². The summed E-state index contributed by atoms with van der Waals surface area (Å²) < 4.78 is 39.4. The average Bonchev–Trinajstić information content (AvgIpc) is 2.97. The monoisotopic (exact) mass is 548 g/mol. The summed E-state index contributed by atoms with van der Waals surface area (Å²) in [7, 11) is 0. The fourth-order valence-corrected chi connectivity index (χ4v) is 4.39. The number of ether oxygens (including phenoxy) is 2. The Bertz CT molecular complexity index is 1430. The fourth-order valence-electron chi connectivity index (χ4n) is 4.39. The lowest BCUT2D eigenvalue weighted by molar-refractivity contribution is -0.0831. The van der Waals surface area contributed by atoms with Crippen LogP contribution < -0.4 is 15.6 Å². The number of ketones is 1. The third-order valence-electron chi connectivity index (χ3n) is 6.55. The van der Waals surface area contributed by atoms with Crippen molar-refractivity contribution in [2.24, 2.45) is 0 Å². The third kappa shape index (κ3) is 8.31. The summed E-state index contributed by atoms with van der Waals surface area (Å²) in [6, 6.07) is 23.9. The van der Waals surface area contributed by atoms with E-state index in [1.54, 1.807) is 36.4 Å². The SMILES string of the molecule is O=C(CNCCCCCCOCC(F)(F)c1ccccc1)c1ccc(OCc2ccccc2)c2[nH]c(=O)ccc12. The van der Waals surface area contributed by atoms with Gasteiger partial charge in [0.05, 0.1) is 12.1 Å². The molecule has 2 N–H and O–H groups in total. The second-order valence-corrected chi connectivity index (χ2v) is 9.63. The van der Waals surface area contributed by atoms with Crippen molar-refractivity contribution in [1.82, 2.24) is 10.3 Å². The molecule has 4 aromatic rings. The number of hydrogen-bond acceptors (Lipinski definition) is 5. The molecule has 0 unspecified atom stereocenters. The van der Waals surface area contributed by atoms with Gasteiger partial charge in [0.2, 0.25) is 5.56 Å². The minimum Gasteiger partial charge on any atom is -0.487 e. The molecule has 0 bridgehead atoms. The normalized spacial score (nSPS) is 11.6. The van der Waals surface area contributed by atoms with Crippen molar-refractivity contribution in [2.75, 3.05) is 26.3 Å². The highest BCUT2D eigenvalue weighted by Crippen LogP contribution is 2.28. The maximum absolute atomic E-state index is 14.1. The summed E-state index contributed by atoms with van der Waals surface area (Å²) >= 11 is 0. The van der Waals surface area contributed by atoms with Crippen LogP contribution in [0, 0.1) is 0 Å². The van der Waals surface area contributed by atoms with Crippen LogP contribution in [0.4, 0.5) is 8.78 Å². The van der Waals surface area contributed by atoms with Gasteiger partial charge in [-0.1, -0.05) is 73.5 Å². The number of benzene rings is 3. The Kier molecular flexibility index (Phi) is 10.5. The molecule has 40 heavy (non-hydrogen) atoms. The van der Waals surface area contributed by atoms with Gasteiger partial charge >= 0.3 is 0 Å². The molecule has 0 saturated carbocycles. The van der Waals surface area contributed by atoms with Gasteiger partial charge in [0.25, 0.3) is 5.92 Å². The maximum Gasteiger partial charge on any atom is 0.296 e. The van der Waals surface area contributed by atoms with E-state index in [2.05, 4.69) is 10.3 Å². The third-order valence-corrected chi connectivity index (χ3v) is 6.55. The van der Waals surface area contributed by atoms with E-state index in [0.717, 1.165) is 24.8 Å². The molecule has 0 aliphatic carbocycles. The standard InChI is InChI=1S/C32H34F2N2O4/c33-32(34,25-13-7-4-8-14-25)23-39-20-10-2-1-9-19-35-21-28(37)26-15-17-29(31-27(26)16-18-30(38)36-31)40-22-24-11-5-3-6-12-24/h3-8,11-18,35H,1-2,9-10,19-23H2,(H,36,38). The molecule has 0 aliphatic rings. The minimum absolute atomic E-state index is 0.0377. The number of carbonyl (C=O) groups excluding carboxylic acids is 1. The summed E-state index contributed by atoms with van der Waals surface area (Å²) in [6.45, 7) is 0.827. The number of unbranched alkanes of at least 4 members (excludes halogenated alkanes) is 3. The van der Waals surface area contributed by atoms with Crippen molar-refractivity contribution in [3.63, 3.8) is 0 Å². The first-order valence-corrected chi connectivity index (χ1v) is 13.5. The van der Waals surface area contributed by atoms with Crippen LogP contribution in [-0.4, -0.2) is 37.1 Å². The smallest absolute Gasteiger partial charge is 0.296 e. The molecule has 0 fully saturated rings. The highest BCUT2D eigenvalue weighted by atomic mass is 19.3. The van der Waals surface area contributed by atoms with Gasteiger partial charge in [0, 0.05) is 29.2 Å². The van der Waals surface area contributed by atoms with Gasteiger partial charge in [-0.3, -0.25) is 9.59 Å². The van der Waals surface area contributed by atoms with Crippen LogP contribution >= 0.6 is 0 Å². The topological polar surface area (TPSA) is 80.4 Å². The van der Waals surface area contributed by atoms with Crippen LogP contribution in [0.25, 0.3) is 10.9 Å². The Balaban J connectivity index is 1.17. The van der Waals surface area contributed by atoms with E-state index in [0.29, 0.717) is 41.8 Å². The van der Waals surface area contributed by atoms with E-state index < -0.39 is 12.5 Å². The molecule has 6 nitrogen and oxygen atoms in total. The zero-order valence-corrected chi connectivity index (χ0v) is 22.3. The predicted octanol–water partition coefficient (Wildman–Crippen LogP) is 6.25. The lowest BCUT2D eigenvalue weighted by Crippen LogP contribution is -2.24. The molecule has 0 atom stereocenters. The molecule has 0 radical (unpaired) electrons. The summed E-state index contributed by atoms with van der Waals surface area (Å²) in [5.74, 6) is -2.57. The Morgan fingerprint density at radius 2 is 1.57 bits per heavy atom. The first kappa shape index (κ1) is 29.1. The number of carbonyl (C=O) groups is 1. The second-order valence-electron chi connectivity index (χ2n) is 9.63. The fraction of sp³-hybridized carbons (Fsp3) is 0.312. The molecular formula is C32H34F2N2O4. The van der Waals surface area contributed by atoms with Crippen molar-refractivity contribution in [2.45, 2.75) is 38.2 Å². The van der Waals surface area contributed by atoms with E-state index in [1.165, 1.54) is 18.2 Å². The van der Waals surface area contributed by atoms with Gasteiger partial charge in [-0.15, -0.1) is 0 Å². The number of fused-ring (bicyclic) bond motifs is 1. The molecule has 8 heteroatoms. The van der Waals surface area contributed by atoms with E-state index in [-0.39, 0.29) is 30.1 Å². The lowest BCUT2D eigenvalue weighted by Gasteiger charge is -2.16. The Hall–Kier alpha value is -3.88. The molecule has 3 aromatic carbocycles. The first-order chi connectivity index (χ1) is 19.4. The first-order valence-electron chi connectivity index (χ1n) is 13.5. The predicted molar refractivity (Wildman–Crippen MR) is 152 cm³/mol. The number of nitrogens with one attached hydrogen (secondary N) is 2. The molecule has 0 saturated heterocycles. The number of rotatable bonds is 16. The lowest BCUT2D eigenvalue weighted by atomic mass is 10.0. The largest absolute Gasteiger partial charge is 0.487 e. The zero-order chi connectivity index (χ0) is 28.2. The highest BCUT2D eigenvalue weighted by Gasteiger charge is 2.31. The Morgan fingerprint density at radius 1 is 0.850 bits per heavy atom. The van der Waals surface area contributed by atoms with E-state index in [1.807, 2.05) is 30.3 Å². The molecular weight excluding hydrogens is 514 g/mol. The summed E-state index contributed by atoms with van der Waals surface area (Å²) in [4.78, 5) is 27.8.